The molecule has 1 N–H and O–H groups in total. The van der Waals surface area contributed by atoms with E-state index in [0.29, 0.717) is 37.5 Å². The van der Waals surface area contributed by atoms with Crippen LogP contribution in [-0.2, 0) is 10.5 Å². The fraction of sp³-hybridized carbons (Fsp3) is 0.556. The maximum absolute atomic E-state index is 12.2. The second-order valence-corrected chi connectivity index (χ2v) is 7.52. The molecule has 0 saturated carbocycles. The van der Waals surface area contributed by atoms with Crippen LogP contribution in [0.25, 0.3) is 0 Å². The van der Waals surface area contributed by atoms with Crippen LogP contribution in [0.4, 0.5) is 10.5 Å². The summed E-state index contributed by atoms with van der Waals surface area (Å²) in [4.78, 5) is 27.5. The molecule has 0 radical (unpaired) electrons. The number of hydrogen-bond donors (Lipinski definition) is 2. The Morgan fingerprint density at radius 1 is 1.20 bits per heavy atom. The highest BCUT2D eigenvalue weighted by atomic mass is 32.1. The smallest absolute Gasteiger partial charge is 0.410 e. The van der Waals surface area contributed by atoms with Gasteiger partial charge >= 0.3 is 12.1 Å². The highest BCUT2D eigenvalue weighted by molar-refractivity contribution is 7.79. The number of anilines is 1. The Kier molecular flexibility index (Phi) is 5.87. The van der Waals surface area contributed by atoms with Gasteiger partial charge in [0.1, 0.15) is 5.60 Å². The maximum Gasteiger partial charge on any atom is 0.410 e. The van der Waals surface area contributed by atoms with E-state index in [4.69, 9.17) is 4.74 Å². The van der Waals surface area contributed by atoms with Gasteiger partial charge in [-0.25, -0.2) is 9.59 Å². The van der Waals surface area contributed by atoms with E-state index >= 15 is 0 Å². The first-order chi connectivity index (χ1) is 11.6. The molecule has 1 aromatic rings. The van der Waals surface area contributed by atoms with E-state index in [1.807, 2.05) is 33.8 Å². The van der Waals surface area contributed by atoms with Gasteiger partial charge in [0.15, 0.2) is 0 Å². The highest BCUT2D eigenvalue weighted by Crippen LogP contribution is 2.28. The third-order valence-electron chi connectivity index (χ3n) is 4.13. The van der Waals surface area contributed by atoms with Crippen LogP contribution in [0, 0.1) is 6.92 Å². The molecule has 1 saturated heterocycles. The van der Waals surface area contributed by atoms with E-state index in [0.717, 1.165) is 16.8 Å². The molecule has 0 atom stereocenters. The van der Waals surface area contributed by atoms with Crippen molar-refractivity contribution < 1.29 is 19.4 Å². The summed E-state index contributed by atoms with van der Waals surface area (Å²) in [6, 6.07) is 3.66. The number of hydrogen-bond acceptors (Lipinski definition) is 5. The minimum Gasteiger partial charge on any atom is -0.478 e. The van der Waals surface area contributed by atoms with Crippen molar-refractivity contribution in [2.45, 2.75) is 39.0 Å². The van der Waals surface area contributed by atoms with Crippen LogP contribution < -0.4 is 4.90 Å². The van der Waals surface area contributed by atoms with E-state index in [1.54, 1.807) is 11.0 Å². The topological polar surface area (TPSA) is 70.1 Å². The van der Waals surface area contributed by atoms with Crippen LogP contribution in [0.15, 0.2) is 12.1 Å². The first-order valence-electron chi connectivity index (χ1n) is 8.33. The second-order valence-electron chi connectivity index (χ2n) is 7.21. The molecular weight excluding hydrogens is 340 g/mol. The molecule has 2 rings (SSSR count). The molecule has 7 heteroatoms. The Morgan fingerprint density at radius 2 is 1.80 bits per heavy atom. The number of piperazine rings is 1. The summed E-state index contributed by atoms with van der Waals surface area (Å²) >= 11 is 4.27. The largest absolute Gasteiger partial charge is 0.478 e. The van der Waals surface area contributed by atoms with Gasteiger partial charge in [0.05, 0.1) is 5.56 Å². The van der Waals surface area contributed by atoms with Crippen LogP contribution in [0.3, 0.4) is 0 Å². The van der Waals surface area contributed by atoms with E-state index in [2.05, 4.69) is 17.5 Å². The predicted octanol–water partition coefficient (Wildman–Crippen LogP) is 3.18. The van der Waals surface area contributed by atoms with Crippen molar-refractivity contribution in [3.63, 3.8) is 0 Å². The molecule has 0 bridgehead atoms. The summed E-state index contributed by atoms with van der Waals surface area (Å²) in [6.07, 6.45) is -0.306. The van der Waals surface area contributed by atoms with Crippen LogP contribution in [0.1, 0.15) is 42.3 Å². The fourth-order valence-corrected chi connectivity index (χ4v) is 3.04. The van der Waals surface area contributed by atoms with Gasteiger partial charge in [0, 0.05) is 37.6 Å². The quantitative estimate of drug-likeness (QED) is 0.804. The van der Waals surface area contributed by atoms with Gasteiger partial charge in [0.2, 0.25) is 0 Å². The van der Waals surface area contributed by atoms with Crippen molar-refractivity contribution in [2.75, 3.05) is 31.1 Å². The molecule has 1 aliphatic heterocycles. The summed E-state index contributed by atoms with van der Waals surface area (Å²) in [5, 5.41) is 9.42. The Morgan fingerprint density at radius 3 is 2.28 bits per heavy atom. The zero-order valence-corrected chi connectivity index (χ0v) is 16.1. The van der Waals surface area contributed by atoms with Crippen molar-refractivity contribution in [1.29, 1.82) is 0 Å². The number of carboxylic acid groups (broad SMARTS) is 1. The third kappa shape index (κ3) is 4.81. The average molecular weight is 366 g/mol. The molecule has 0 aliphatic carbocycles. The second kappa shape index (κ2) is 7.56. The lowest BCUT2D eigenvalue weighted by Gasteiger charge is -2.37. The van der Waals surface area contributed by atoms with Crippen molar-refractivity contribution in [3.8, 4) is 0 Å². The minimum atomic E-state index is -0.935. The number of thiol groups is 1. The Bertz CT molecular complexity index is 662. The summed E-state index contributed by atoms with van der Waals surface area (Å²) in [5.74, 6) is -0.458. The zero-order chi connectivity index (χ0) is 18.8. The minimum absolute atomic E-state index is 0.302. The van der Waals surface area contributed by atoms with Crippen LogP contribution in [0.2, 0.25) is 0 Å². The number of benzene rings is 1. The van der Waals surface area contributed by atoms with E-state index in [1.165, 1.54) is 0 Å². The lowest BCUT2D eigenvalue weighted by molar-refractivity contribution is 0.0240. The molecule has 6 nitrogen and oxygen atoms in total. The zero-order valence-electron chi connectivity index (χ0n) is 15.2. The molecule has 1 aromatic carbocycles. The average Bonchev–Trinajstić information content (AvgIpc) is 2.53. The molecule has 1 fully saturated rings. The molecule has 0 aromatic heterocycles. The molecule has 138 valence electrons. The Hall–Kier alpha value is -1.89. The van der Waals surface area contributed by atoms with Crippen molar-refractivity contribution in [3.05, 3.63) is 28.8 Å². The van der Waals surface area contributed by atoms with Gasteiger partial charge in [-0.15, -0.1) is 0 Å². The van der Waals surface area contributed by atoms with E-state index in [9.17, 15) is 14.7 Å². The molecule has 1 aliphatic rings. The van der Waals surface area contributed by atoms with Gasteiger partial charge in [-0.3, -0.25) is 0 Å². The van der Waals surface area contributed by atoms with Gasteiger partial charge in [-0.05, 0) is 51.0 Å². The van der Waals surface area contributed by atoms with Crippen molar-refractivity contribution in [2.24, 2.45) is 0 Å². The van der Waals surface area contributed by atoms with E-state index < -0.39 is 11.6 Å². The van der Waals surface area contributed by atoms with Gasteiger partial charge in [-0.1, -0.05) is 0 Å². The van der Waals surface area contributed by atoms with Gasteiger partial charge in [-0.2, -0.15) is 12.6 Å². The SMILES string of the molecule is Cc1c(C(=O)O)cc(CS)cc1N1CCN(C(=O)OC(C)(C)C)CC1. The Labute approximate surface area is 154 Å². The van der Waals surface area contributed by atoms with Crippen molar-refractivity contribution >= 4 is 30.4 Å². The van der Waals surface area contributed by atoms with Crippen LogP contribution in [0.5, 0.6) is 0 Å². The molecule has 0 spiro atoms. The molecule has 1 heterocycles. The fourth-order valence-electron chi connectivity index (χ4n) is 2.86. The molecule has 25 heavy (non-hydrogen) atoms. The lowest BCUT2D eigenvalue weighted by atomic mass is 10.0. The summed E-state index contributed by atoms with van der Waals surface area (Å²) < 4.78 is 5.41. The number of nitrogens with zero attached hydrogens (tertiary/aromatic N) is 2. The maximum atomic E-state index is 12.2. The standard InChI is InChI=1S/C18H26N2O4S/c1-12-14(16(21)22)9-13(11-25)10-15(12)19-5-7-20(8-6-19)17(23)24-18(2,3)4/h9-10,25H,5-8,11H2,1-4H3,(H,21,22). The molecule has 1 amide bonds. The third-order valence-corrected chi connectivity index (χ3v) is 4.49. The summed E-state index contributed by atoms with van der Waals surface area (Å²) in [5.41, 5.74) is 2.30. The Balaban J connectivity index is 2.14. The predicted molar refractivity (Wildman–Crippen MR) is 101 cm³/mol. The van der Waals surface area contributed by atoms with Gasteiger partial charge in [0.25, 0.3) is 0 Å². The van der Waals surface area contributed by atoms with Gasteiger partial charge < -0.3 is 19.6 Å². The number of carbonyl (C=O) groups is 2. The normalized spacial score (nSPS) is 15.2. The number of carbonyl (C=O) groups excluding carboxylic acids is 1. The first-order valence-corrected chi connectivity index (χ1v) is 8.96. The molecule has 0 unspecified atom stereocenters. The monoisotopic (exact) mass is 366 g/mol. The van der Waals surface area contributed by atoms with Crippen molar-refractivity contribution in [1.82, 2.24) is 4.90 Å². The first kappa shape index (κ1) is 19.4. The van der Waals surface area contributed by atoms with Crippen LogP contribution in [-0.4, -0.2) is 53.8 Å². The van der Waals surface area contributed by atoms with E-state index in [-0.39, 0.29) is 6.09 Å². The van der Waals surface area contributed by atoms with Crippen LogP contribution >= 0.6 is 12.6 Å². The molecular formula is C18H26N2O4S. The number of aromatic carboxylic acids is 1. The number of carboxylic acids is 1. The highest BCUT2D eigenvalue weighted by Gasteiger charge is 2.27. The summed E-state index contributed by atoms with van der Waals surface area (Å²) in [6.45, 7) is 9.72. The lowest BCUT2D eigenvalue weighted by Crippen LogP contribution is -2.50. The number of amides is 1. The number of rotatable bonds is 3. The summed E-state index contributed by atoms with van der Waals surface area (Å²) in [7, 11) is 0. The number of ether oxygens (including phenoxy) is 1.